The molecule has 1 amide bonds. The Morgan fingerprint density at radius 2 is 1.82 bits per heavy atom. The molecule has 2 heterocycles. The maximum Gasteiger partial charge on any atom is 0.287 e. The van der Waals surface area contributed by atoms with Gasteiger partial charge in [0.05, 0.1) is 16.6 Å². The number of H-pyrrole nitrogens is 1. The Balaban J connectivity index is 1.37. The summed E-state index contributed by atoms with van der Waals surface area (Å²) in [5.41, 5.74) is 0.935. The van der Waals surface area contributed by atoms with E-state index in [4.69, 9.17) is 0 Å². The summed E-state index contributed by atoms with van der Waals surface area (Å²) in [6, 6.07) is 16.3. The molecule has 0 spiro atoms. The standard InChI is InChI=1S/C18H16N8O2/c27-16-13-8-4-5-9-14(13)21-15(22-16)17(28)19-10-11-20-18-23-24-25-26(18)12-6-2-1-3-7-12/h1-9H,10-11H2,(H,19,28)(H,20,23,25)(H,21,22,27). The highest BCUT2D eigenvalue weighted by Gasteiger charge is 2.11. The number of hydrogen-bond donors (Lipinski definition) is 3. The molecule has 0 unspecified atom stereocenters. The first kappa shape index (κ1) is 17.3. The largest absolute Gasteiger partial charge is 0.351 e. The molecular weight excluding hydrogens is 360 g/mol. The van der Waals surface area contributed by atoms with E-state index in [0.717, 1.165) is 5.69 Å². The molecule has 4 rings (SSSR count). The van der Waals surface area contributed by atoms with Crippen LogP contribution in [0.5, 0.6) is 0 Å². The summed E-state index contributed by atoms with van der Waals surface area (Å²) in [5, 5.41) is 17.7. The van der Waals surface area contributed by atoms with Crippen molar-refractivity contribution in [2.24, 2.45) is 0 Å². The van der Waals surface area contributed by atoms with Crippen molar-refractivity contribution in [3.63, 3.8) is 0 Å². The maximum atomic E-state index is 12.3. The summed E-state index contributed by atoms with van der Waals surface area (Å²) < 4.78 is 1.56. The van der Waals surface area contributed by atoms with E-state index < -0.39 is 5.91 Å². The van der Waals surface area contributed by atoms with Gasteiger partial charge in [-0.3, -0.25) is 9.59 Å². The SMILES string of the molecule is O=C(NCCNc1nnnn1-c1ccccc1)c1nc2ccccc2c(=O)[nH]1. The van der Waals surface area contributed by atoms with E-state index in [1.807, 2.05) is 30.3 Å². The Hall–Kier alpha value is -4.08. The summed E-state index contributed by atoms with van der Waals surface area (Å²) in [4.78, 5) is 31.0. The molecule has 0 bridgehead atoms. The third-order valence-electron chi connectivity index (χ3n) is 3.99. The first-order valence-electron chi connectivity index (χ1n) is 8.57. The molecule has 0 saturated heterocycles. The van der Waals surface area contributed by atoms with Gasteiger partial charge in [-0.1, -0.05) is 35.4 Å². The number of nitrogens with one attached hydrogen (secondary N) is 3. The molecule has 28 heavy (non-hydrogen) atoms. The topological polar surface area (TPSA) is 130 Å². The second-order valence-electron chi connectivity index (χ2n) is 5.86. The predicted molar refractivity (Wildman–Crippen MR) is 102 cm³/mol. The van der Waals surface area contributed by atoms with Crippen LogP contribution in [0.1, 0.15) is 10.6 Å². The number of rotatable bonds is 6. The fourth-order valence-electron chi connectivity index (χ4n) is 2.67. The van der Waals surface area contributed by atoms with Crippen molar-refractivity contribution in [1.82, 2.24) is 35.5 Å². The highest BCUT2D eigenvalue weighted by Crippen LogP contribution is 2.10. The molecule has 140 valence electrons. The Morgan fingerprint density at radius 3 is 2.68 bits per heavy atom. The van der Waals surface area contributed by atoms with Gasteiger partial charge in [0.25, 0.3) is 11.5 Å². The van der Waals surface area contributed by atoms with Gasteiger partial charge in [-0.15, -0.1) is 0 Å². The van der Waals surface area contributed by atoms with Gasteiger partial charge in [-0.25, -0.2) is 4.98 Å². The molecule has 0 radical (unpaired) electrons. The van der Waals surface area contributed by atoms with Crippen molar-refractivity contribution < 1.29 is 4.79 Å². The molecule has 2 aromatic heterocycles. The first-order chi connectivity index (χ1) is 13.7. The van der Waals surface area contributed by atoms with Gasteiger partial charge in [0.15, 0.2) is 5.82 Å². The van der Waals surface area contributed by atoms with Gasteiger partial charge in [0.2, 0.25) is 5.95 Å². The Bertz CT molecular complexity index is 1170. The van der Waals surface area contributed by atoms with Gasteiger partial charge < -0.3 is 15.6 Å². The average Bonchev–Trinajstić information content (AvgIpc) is 3.20. The number of aromatic nitrogens is 6. The Kier molecular flexibility index (Phi) is 4.74. The normalized spacial score (nSPS) is 10.7. The van der Waals surface area contributed by atoms with E-state index in [2.05, 4.69) is 36.1 Å². The lowest BCUT2D eigenvalue weighted by Crippen LogP contribution is -2.32. The van der Waals surface area contributed by atoms with Crippen LogP contribution < -0.4 is 16.2 Å². The minimum atomic E-state index is -0.465. The number of carbonyl (C=O) groups is 1. The van der Waals surface area contributed by atoms with Gasteiger partial charge in [-0.2, -0.15) is 4.68 Å². The van der Waals surface area contributed by atoms with Crippen LogP contribution in [0.3, 0.4) is 0 Å². The molecule has 3 N–H and O–H groups in total. The van der Waals surface area contributed by atoms with E-state index in [1.165, 1.54) is 0 Å². The molecule has 2 aromatic carbocycles. The number of anilines is 1. The van der Waals surface area contributed by atoms with Crippen LogP contribution in [0.4, 0.5) is 5.95 Å². The molecule has 0 atom stereocenters. The number of carbonyl (C=O) groups excluding carboxylic acids is 1. The van der Waals surface area contributed by atoms with Gasteiger partial charge in [0.1, 0.15) is 0 Å². The number of tetrazole rings is 1. The second-order valence-corrected chi connectivity index (χ2v) is 5.86. The van der Waals surface area contributed by atoms with E-state index in [9.17, 15) is 9.59 Å². The molecule has 10 nitrogen and oxygen atoms in total. The van der Waals surface area contributed by atoms with Crippen LogP contribution in [-0.4, -0.2) is 49.2 Å². The third kappa shape index (κ3) is 3.56. The van der Waals surface area contributed by atoms with Crippen molar-refractivity contribution in [1.29, 1.82) is 0 Å². The number of hydrogen-bond acceptors (Lipinski definition) is 7. The lowest BCUT2D eigenvalue weighted by Gasteiger charge is -2.08. The number of aromatic amines is 1. The molecule has 4 aromatic rings. The fourth-order valence-corrected chi connectivity index (χ4v) is 2.67. The summed E-state index contributed by atoms with van der Waals surface area (Å²) in [6.45, 7) is 0.674. The van der Waals surface area contributed by atoms with Crippen LogP contribution >= 0.6 is 0 Å². The molecule has 10 heteroatoms. The quantitative estimate of drug-likeness (QED) is 0.423. The van der Waals surface area contributed by atoms with Crippen LogP contribution in [0.25, 0.3) is 16.6 Å². The number of para-hydroxylation sites is 2. The van der Waals surface area contributed by atoms with E-state index >= 15 is 0 Å². The molecule has 0 saturated carbocycles. The van der Waals surface area contributed by atoms with Crippen molar-refractivity contribution in [3.05, 3.63) is 70.8 Å². The monoisotopic (exact) mass is 376 g/mol. The van der Waals surface area contributed by atoms with Crippen molar-refractivity contribution in [3.8, 4) is 5.69 Å². The van der Waals surface area contributed by atoms with Crippen molar-refractivity contribution in [2.45, 2.75) is 0 Å². The lowest BCUT2D eigenvalue weighted by molar-refractivity contribution is 0.0945. The number of nitrogens with zero attached hydrogens (tertiary/aromatic N) is 5. The molecular formula is C18H16N8O2. The van der Waals surface area contributed by atoms with E-state index in [1.54, 1.807) is 28.9 Å². The molecule has 0 aliphatic rings. The summed E-state index contributed by atoms with van der Waals surface area (Å²) >= 11 is 0. The van der Waals surface area contributed by atoms with Crippen LogP contribution in [-0.2, 0) is 0 Å². The molecule has 0 aliphatic carbocycles. The number of benzene rings is 2. The molecule has 0 aliphatic heterocycles. The lowest BCUT2D eigenvalue weighted by atomic mass is 10.2. The second kappa shape index (κ2) is 7.66. The van der Waals surface area contributed by atoms with E-state index in [-0.39, 0.29) is 17.9 Å². The Morgan fingerprint density at radius 1 is 1.04 bits per heavy atom. The third-order valence-corrected chi connectivity index (χ3v) is 3.99. The van der Waals surface area contributed by atoms with Gasteiger partial charge >= 0.3 is 0 Å². The Labute approximate surface area is 158 Å². The van der Waals surface area contributed by atoms with E-state index in [0.29, 0.717) is 23.4 Å². The zero-order valence-corrected chi connectivity index (χ0v) is 14.7. The highest BCUT2D eigenvalue weighted by molar-refractivity contribution is 5.92. The summed E-state index contributed by atoms with van der Waals surface area (Å²) in [6.07, 6.45) is 0. The van der Waals surface area contributed by atoms with Crippen LogP contribution in [0.15, 0.2) is 59.4 Å². The summed E-state index contributed by atoms with van der Waals surface area (Å²) in [5.74, 6) is -0.0391. The average molecular weight is 376 g/mol. The van der Waals surface area contributed by atoms with Gasteiger partial charge in [-0.05, 0) is 34.7 Å². The number of fused-ring (bicyclic) bond motifs is 1. The maximum absolute atomic E-state index is 12.3. The first-order valence-corrected chi connectivity index (χ1v) is 8.57. The van der Waals surface area contributed by atoms with Gasteiger partial charge in [0, 0.05) is 13.1 Å². The minimum absolute atomic E-state index is 0.0298. The smallest absolute Gasteiger partial charge is 0.287 e. The molecule has 0 fully saturated rings. The van der Waals surface area contributed by atoms with Crippen LogP contribution in [0.2, 0.25) is 0 Å². The van der Waals surface area contributed by atoms with Crippen molar-refractivity contribution in [2.75, 3.05) is 18.4 Å². The number of amides is 1. The highest BCUT2D eigenvalue weighted by atomic mass is 16.2. The van der Waals surface area contributed by atoms with Crippen LogP contribution in [0, 0.1) is 0 Å². The van der Waals surface area contributed by atoms with Crippen molar-refractivity contribution >= 4 is 22.8 Å². The minimum Gasteiger partial charge on any atom is -0.351 e. The zero-order chi connectivity index (χ0) is 19.3. The zero-order valence-electron chi connectivity index (χ0n) is 14.7. The predicted octanol–water partition coefficient (Wildman–Crippen LogP) is 0.741. The fraction of sp³-hybridized carbons (Fsp3) is 0.111. The summed E-state index contributed by atoms with van der Waals surface area (Å²) in [7, 11) is 0.